The van der Waals surface area contributed by atoms with Gasteiger partial charge >= 0.3 is 35.5 Å². The molecule has 0 amide bonds. The van der Waals surface area contributed by atoms with Gasteiger partial charge < -0.3 is 9.39 Å². The van der Waals surface area contributed by atoms with Gasteiger partial charge in [0.25, 0.3) is 0 Å². The standard InChI is InChI=1S/C35H47N3O5S2.Na/c1-2-3-4-5-6-7-8-9-10-11-12-13-14-18-25-32(45(40,41)42)33-36-29-24-20-19-23-28(29)34(37-33)44-31-26-30(38-43-35(31)39)27-21-16-15-17-22-27;/h15-17,19-24,26,31-32,38H,2-14,18,25H2,1H3,(H,40,41,42);/q;+1/p-1. The molecule has 1 aliphatic rings. The molecule has 11 heteroatoms. The molecule has 1 aliphatic heterocycles. The average Bonchev–Trinajstić information content (AvgIpc) is 3.03. The van der Waals surface area contributed by atoms with Crippen molar-refractivity contribution >= 4 is 44.4 Å². The van der Waals surface area contributed by atoms with Crippen LogP contribution in [0.15, 0.2) is 65.7 Å². The van der Waals surface area contributed by atoms with Gasteiger partial charge in [0.1, 0.15) is 31.5 Å². The molecule has 1 N–H and O–H groups in total. The summed E-state index contributed by atoms with van der Waals surface area (Å²) in [6, 6.07) is 16.7. The molecule has 2 aromatic carbocycles. The zero-order valence-corrected chi connectivity index (χ0v) is 30.9. The van der Waals surface area contributed by atoms with Gasteiger partial charge in [-0.25, -0.2) is 28.7 Å². The second-order valence-electron chi connectivity index (χ2n) is 11.8. The Kier molecular flexibility index (Phi) is 17.1. The van der Waals surface area contributed by atoms with Crippen molar-refractivity contribution in [1.29, 1.82) is 0 Å². The van der Waals surface area contributed by atoms with Gasteiger partial charge in [-0.05, 0) is 18.6 Å². The quantitative estimate of drug-likeness (QED) is 0.0701. The first-order chi connectivity index (χ1) is 21.9. The number of para-hydroxylation sites is 1. The van der Waals surface area contributed by atoms with Crippen LogP contribution >= 0.6 is 11.8 Å². The molecule has 0 saturated heterocycles. The maximum Gasteiger partial charge on any atom is 1.00 e. The number of aromatic nitrogens is 2. The van der Waals surface area contributed by atoms with Crippen LogP contribution in [0.4, 0.5) is 0 Å². The van der Waals surface area contributed by atoms with E-state index in [1.165, 1.54) is 64.2 Å². The van der Waals surface area contributed by atoms with E-state index in [0.29, 0.717) is 28.0 Å². The van der Waals surface area contributed by atoms with Crippen LogP contribution < -0.4 is 35.0 Å². The Labute approximate surface area is 301 Å². The van der Waals surface area contributed by atoms with E-state index in [9.17, 15) is 17.8 Å². The van der Waals surface area contributed by atoms with Crippen molar-refractivity contribution in [2.75, 3.05) is 0 Å². The van der Waals surface area contributed by atoms with E-state index in [4.69, 9.17) is 4.84 Å². The maximum atomic E-state index is 12.7. The molecule has 0 bridgehead atoms. The summed E-state index contributed by atoms with van der Waals surface area (Å²) in [5.41, 5.74) is 4.71. The summed E-state index contributed by atoms with van der Waals surface area (Å²) in [4.78, 5) is 27.1. The normalized spacial score (nSPS) is 15.5. The summed E-state index contributed by atoms with van der Waals surface area (Å²) in [6.45, 7) is 2.25. The molecule has 2 heterocycles. The van der Waals surface area contributed by atoms with Gasteiger partial charge in [0.05, 0.1) is 11.2 Å². The number of fused-ring (bicyclic) bond motifs is 1. The monoisotopic (exact) mass is 675 g/mol. The minimum absolute atomic E-state index is 0. The Balaban J connectivity index is 0.00000576. The summed E-state index contributed by atoms with van der Waals surface area (Å²) >= 11 is 1.15. The molecule has 244 valence electrons. The molecular weight excluding hydrogens is 630 g/mol. The van der Waals surface area contributed by atoms with Crippen LogP contribution in [-0.4, -0.2) is 34.2 Å². The van der Waals surface area contributed by atoms with Gasteiger partial charge in [-0.1, -0.05) is 157 Å². The predicted octanol–water partition coefficient (Wildman–Crippen LogP) is 5.65. The Bertz CT molecular complexity index is 1500. The van der Waals surface area contributed by atoms with Crippen molar-refractivity contribution in [2.24, 2.45) is 0 Å². The molecule has 0 radical (unpaired) electrons. The number of benzene rings is 2. The molecule has 8 nitrogen and oxygen atoms in total. The van der Waals surface area contributed by atoms with Crippen LogP contribution in [0.3, 0.4) is 0 Å². The fourth-order valence-electron chi connectivity index (χ4n) is 5.62. The number of hydrogen-bond acceptors (Lipinski definition) is 9. The molecule has 0 fully saturated rings. The summed E-state index contributed by atoms with van der Waals surface area (Å²) in [7, 11) is -4.71. The summed E-state index contributed by atoms with van der Waals surface area (Å²) in [5, 5.41) is -0.988. The minimum Gasteiger partial charge on any atom is -0.747 e. The first-order valence-electron chi connectivity index (χ1n) is 16.5. The van der Waals surface area contributed by atoms with Crippen molar-refractivity contribution in [1.82, 2.24) is 15.4 Å². The van der Waals surface area contributed by atoms with E-state index in [-0.39, 0.29) is 41.8 Å². The maximum absolute atomic E-state index is 12.7. The van der Waals surface area contributed by atoms with Crippen LogP contribution in [0.5, 0.6) is 0 Å². The first-order valence-corrected chi connectivity index (χ1v) is 18.8. The molecule has 0 spiro atoms. The third-order valence-electron chi connectivity index (χ3n) is 8.18. The number of thioether (sulfide) groups is 1. The molecule has 4 rings (SSSR count). The average molecular weight is 676 g/mol. The summed E-state index contributed by atoms with van der Waals surface area (Å²) in [5.74, 6) is -0.519. The van der Waals surface area contributed by atoms with Gasteiger partial charge in [-0.2, -0.15) is 0 Å². The molecular formula is C35H46N3NaO5S2. The Morgan fingerprint density at radius 1 is 0.826 bits per heavy atom. The number of unbranched alkanes of at least 4 members (excludes halogenated alkanes) is 13. The summed E-state index contributed by atoms with van der Waals surface area (Å²) < 4.78 is 37.4. The molecule has 3 aromatic rings. The fraction of sp³-hybridized carbons (Fsp3) is 0.514. The van der Waals surface area contributed by atoms with Crippen molar-refractivity contribution < 1.29 is 52.2 Å². The van der Waals surface area contributed by atoms with Crippen LogP contribution in [0.25, 0.3) is 16.6 Å². The van der Waals surface area contributed by atoms with Crippen LogP contribution in [0, 0.1) is 0 Å². The molecule has 46 heavy (non-hydrogen) atoms. The minimum atomic E-state index is -4.71. The van der Waals surface area contributed by atoms with Gasteiger partial charge in [0.15, 0.2) is 0 Å². The number of carbonyl (C=O) groups excluding carboxylic acids is 1. The number of nitrogens with one attached hydrogen (secondary N) is 1. The Morgan fingerprint density at radius 3 is 2.00 bits per heavy atom. The molecule has 2 atom stereocenters. The van der Waals surface area contributed by atoms with Crippen molar-refractivity contribution in [3.63, 3.8) is 0 Å². The number of carbonyl (C=O) groups is 1. The second kappa shape index (κ2) is 20.4. The topological polar surface area (TPSA) is 121 Å². The molecule has 2 unspecified atom stereocenters. The van der Waals surface area contributed by atoms with Gasteiger partial charge in [0, 0.05) is 10.9 Å². The third kappa shape index (κ3) is 12.3. The van der Waals surface area contributed by atoms with E-state index < -0.39 is 26.6 Å². The van der Waals surface area contributed by atoms with Crippen LogP contribution in [0.1, 0.15) is 120 Å². The fourth-order valence-corrected chi connectivity index (χ4v) is 7.47. The van der Waals surface area contributed by atoms with Crippen LogP contribution in [-0.2, 0) is 19.8 Å². The van der Waals surface area contributed by atoms with Crippen molar-refractivity contribution in [2.45, 2.75) is 119 Å². The van der Waals surface area contributed by atoms with Crippen molar-refractivity contribution in [3.05, 3.63) is 72.1 Å². The van der Waals surface area contributed by atoms with Crippen molar-refractivity contribution in [3.8, 4) is 0 Å². The number of rotatable bonds is 20. The number of hydroxylamine groups is 1. The van der Waals surface area contributed by atoms with E-state index in [2.05, 4.69) is 22.4 Å². The van der Waals surface area contributed by atoms with E-state index in [1.54, 1.807) is 18.2 Å². The van der Waals surface area contributed by atoms with E-state index >= 15 is 0 Å². The zero-order chi connectivity index (χ0) is 31.9. The largest absolute Gasteiger partial charge is 1.00 e. The van der Waals surface area contributed by atoms with Gasteiger partial charge in [-0.3, -0.25) is 0 Å². The second-order valence-corrected chi connectivity index (χ2v) is 14.5. The zero-order valence-electron chi connectivity index (χ0n) is 27.3. The SMILES string of the molecule is CCCCCCCCCCCCCCCCC(c1nc(SC2C=C(c3ccccc3)NOC2=O)c2ccccc2n1)S(=O)(=O)[O-].[Na+]. The van der Waals surface area contributed by atoms with Crippen LogP contribution in [0.2, 0.25) is 0 Å². The predicted molar refractivity (Wildman–Crippen MR) is 180 cm³/mol. The first kappa shape index (κ1) is 38.5. The molecule has 1 aromatic heterocycles. The molecule has 0 aliphatic carbocycles. The van der Waals surface area contributed by atoms with Gasteiger partial charge in [-0.15, -0.1) is 0 Å². The van der Waals surface area contributed by atoms with Gasteiger partial charge in [0.2, 0.25) is 0 Å². The smallest absolute Gasteiger partial charge is 0.747 e. The number of hydrogen-bond donors (Lipinski definition) is 1. The molecule has 0 saturated carbocycles. The third-order valence-corrected chi connectivity index (χ3v) is 10.4. The summed E-state index contributed by atoms with van der Waals surface area (Å²) in [6.07, 6.45) is 18.6. The van der Waals surface area contributed by atoms with E-state index in [0.717, 1.165) is 36.6 Å². The van der Waals surface area contributed by atoms with E-state index in [1.807, 2.05) is 42.5 Å². The Hall–Kier alpha value is -1.95. The Morgan fingerprint density at radius 2 is 1.39 bits per heavy atom. The number of nitrogens with zero attached hydrogens (tertiary/aromatic N) is 2.